The molecule has 0 spiro atoms. The van der Waals surface area contributed by atoms with Crippen LogP contribution in [-0.2, 0) is 21.4 Å². The zero-order valence-corrected chi connectivity index (χ0v) is 22.8. The van der Waals surface area contributed by atoms with Gasteiger partial charge in [-0.1, -0.05) is 29.0 Å². The first-order chi connectivity index (χ1) is 17.4. The van der Waals surface area contributed by atoms with Gasteiger partial charge in [0.15, 0.2) is 16.3 Å². The van der Waals surface area contributed by atoms with Crippen LogP contribution in [0.25, 0.3) is 10.2 Å². The van der Waals surface area contributed by atoms with Crippen LogP contribution in [0.2, 0.25) is 0 Å². The van der Waals surface area contributed by atoms with Gasteiger partial charge in [0.2, 0.25) is 10.0 Å². The summed E-state index contributed by atoms with van der Waals surface area (Å²) in [4.78, 5) is 18.7. The number of thiazole rings is 1. The Morgan fingerprint density at radius 1 is 1.17 bits per heavy atom. The van der Waals surface area contributed by atoms with E-state index in [2.05, 4.69) is 9.56 Å². The number of amides is 1. The SMILES string of the molecule is CSCCn1c(=NC(=O)C2CCCN(S(=O)(=O)c3ccc(C)cc3)C2)sc2cc3c(cc21)OCCO3. The summed E-state index contributed by atoms with van der Waals surface area (Å²) in [7, 11) is -3.66. The summed E-state index contributed by atoms with van der Waals surface area (Å²) in [6, 6.07) is 10.7. The van der Waals surface area contributed by atoms with Crippen molar-refractivity contribution >= 4 is 49.2 Å². The second-order valence-electron chi connectivity index (χ2n) is 8.96. The predicted molar refractivity (Wildman–Crippen MR) is 142 cm³/mol. The first-order valence-electron chi connectivity index (χ1n) is 11.9. The lowest BCUT2D eigenvalue weighted by molar-refractivity contribution is -0.122. The van der Waals surface area contributed by atoms with Gasteiger partial charge in [0, 0.05) is 37.5 Å². The van der Waals surface area contributed by atoms with E-state index >= 15 is 0 Å². The van der Waals surface area contributed by atoms with Crippen LogP contribution in [0.15, 0.2) is 46.3 Å². The van der Waals surface area contributed by atoms with E-state index in [0.29, 0.717) is 55.4 Å². The Kier molecular flexibility index (Phi) is 7.43. The van der Waals surface area contributed by atoms with Crippen LogP contribution in [0.5, 0.6) is 11.5 Å². The van der Waals surface area contributed by atoms with E-state index in [-0.39, 0.29) is 17.3 Å². The molecular weight excluding hydrogens is 518 g/mol. The Hall–Kier alpha value is -2.34. The van der Waals surface area contributed by atoms with Crippen LogP contribution >= 0.6 is 23.1 Å². The summed E-state index contributed by atoms with van der Waals surface area (Å²) in [5.74, 6) is 1.52. The maximum atomic E-state index is 13.3. The maximum absolute atomic E-state index is 13.3. The number of fused-ring (bicyclic) bond motifs is 2. The molecule has 192 valence electrons. The average molecular weight is 548 g/mol. The van der Waals surface area contributed by atoms with Gasteiger partial charge >= 0.3 is 0 Å². The van der Waals surface area contributed by atoms with Gasteiger partial charge in [0.05, 0.1) is 21.0 Å². The van der Waals surface area contributed by atoms with Gasteiger partial charge in [0.1, 0.15) is 13.2 Å². The number of carbonyl (C=O) groups is 1. The molecule has 11 heteroatoms. The zero-order valence-electron chi connectivity index (χ0n) is 20.3. The summed E-state index contributed by atoms with van der Waals surface area (Å²) in [6.45, 7) is 4.18. The first kappa shape index (κ1) is 25.3. The number of thioether (sulfide) groups is 1. The standard InChI is InChI=1S/C25H29N3O5S3/c1-17-5-7-19(8-6-17)36(30,31)27-9-3-4-18(16-27)24(29)26-25-28(10-13-34-2)20-14-21-22(15-23(20)35-25)33-12-11-32-21/h5-8,14-15,18H,3-4,9-13,16H2,1-2H3. The van der Waals surface area contributed by atoms with Crippen molar-refractivity contribution in [2.75, 3.05) is 38.3 Å². The van der Waals surface area contributed by atoms with Crippen molar-refractivity contribution in [3.05, 3.63) is 46.8 Å². The van der Waals surface area contributed by atoms with Crippen LogP contribution in [-0.4, -0.2) is 61.5 Å². The van der Waals surface area contributed by atoms with Crippen molar-refractivity contribution in [1.29, 1.82) is 0 Å². The summed E-state index contributed by atoms with van der Waals surface area (Å²) >= 11 is 3.17. The molecule has 1 atom stereocenters. The summed E-state index contributed by atoms with van der Waals surface area (Å²) in [5, 5.41) is 0. The third-order valence-corrected chi connectivity index (χ3v) is 9.98. The Bertz CT molecular complexity index is 1440. The van der Waals surface area contributed by atoms with Crippen molar-refractivity contribution in [2.45, 2.75) is 31.2 Å². The molecule has 2 aliphatic rings. The molecule has 0 bridgehead atoms. The number of hydrogen-bond acceptors (Lipinski definition) is 7. The van der Waals surface area contributed by atoms with Crippen LogP contribution in [0.1, 0.15) is 18.4 Å². The molecule has 3 heterocycles. The van der Waals surface area contributed by atoms with Crippen LogP contribution < -0.4 is 14.3 Å². The second kappa shape index (κ2) is 10.6. The summed E-state index contributed by atoms with van der Waals surface area (Å²) in [6.07, 6.45) is 3.28. The number of ether oxygens (including phenoxy) is 2. The second-order valence-corrected chi connectivity index (χ2v) is 12.9. The molecule has 0 saturated carbocycles. The molecule has 0 aliphatic carbocycles. The van der Waals surface area contributed by atoms with Gasteiger partial charge in [-0.05, 0) is 38.2 Å². The molecule has 8 nitrogen and oxygen atoms in total. The van der Waals surface area contributed by atoms with Gasteiger partial charge in [0.25, 0.3) is 5.91 Å². The number of hydrogen-bond donors (Lipinski definition) is 0. The van der Waals surface area contributed by atoms with Crippen molar-refractivity contribution in [3.8, 4) is 11.5 Å². The molecule has 3 aromatic rings. The van der Waals surface area contributed by atoms with Crippen molar-refractivity contribution < 1.29 is 22.7 Å². The van der Waals surface area contributed by atoms with Crippen LogP contribution in [0.3, 0.4) is 0 Å². The normalized spacial score (nSPS) is 19.1. The highest BCUT2D eigenvalue weighted by Gasteiger charge is 2.33. The summed E-state index contributed by atoms with van der Waals surface area (Å²) in [5.41, 5.74) is 1.95. The van der Waals surface area contributed by atoms with Gasteiger partial charge < -0.3 is 14.0 Å². The van der Waals surface area contributed by atoms with Gasteiger partial charge in [-0.2, -0.15) is 21.1 Å². The fourth-order valence-electron chi connectivity index (χ4n) is 4.50. The molecule has 5 rings (SSSR count). The average Bonchev–Trinajstić information content (AvgIpc) is 3.21. The highest BCUT2D eigenvalue weighted by atomic mass is 32.2. The van der Waals surface area contributed by atoms with E-state index in [1.807, 2.05) is 25.3 Å². The molecule has 1 fully saturated rings. The molecule has 0 radical (unpaired) electrons. The van der Waals surface area contributed by atoms with E-state index in [1.165, 1.54) is 15.6 Å². The number of rotatable bonds is 6. The topological polar surface area (TPSA) is 90.2 Å². The number of nitrogens with zero attached hydrogens (tertiary/aromatic N) is 3. The largest absolute Gasteiger partial charge is 0.486 e. The monoisotopic (exact) mass is 547 g/mol. The van der Waals surface area contributed by atoms with Crippen LogP contribution in [0.4, 0.5) is 0 Å². The number of aryl methyl sites for hydroxylation is 2. The predicted octanol–water partition coefficient (Wildman–Crippen LogP) is 3.67. The number of piperidine rings is 1. The molecule has 36 heavy (non-hydrogen) atoms. The van der Waals surface area contributed by atoms with E-state index in [1.54, 1.807) is 36.0 Å². The van der Waals surface area contributed by atoms with Gasteiger partial charge in [-0.25, -0.2) is 8.42 Å². The van der Waals surface area contributed by atoms with Gasteiger partial charge in [-0.15, -0.1) is 0 Å². The highest BCUT2D eigenvalue weighted by Crippen LogP contribution is 2.35. The van der Waals surface area contributed by atoms with Crippen molar-refractivity contribution in [2.24, 2.45) is 10.9 Å². The number of aromatic nitrogens is 1. The third-order valence-electron chi connectivity index (χ3n) is 6.46. The van der Waals surface area contributed by atoms with Gasteiger partial charge in [-0.3, -0.25) is 4.79 Å². The van der Waals surface area contributed by atoms with E-state index < -0.39 is 15.9 Å². The third kappa shape index (κ3) is 5.06. The molecule has 2 aromatic carbocycles. The van der Waals surface area contributed by atoms with E-state index in [4.69, 9.17) is 9.47 Å². The Morgan fingerprint density at radius 3 is 2.61 bits per heavy atom. The summed E-state index contributed by atoms with van der Waals surface area (Å²) < 4.78 is 42.3. The van der Waals surface area contributed by atoms with Crippen molar-refractivity contribution in [3.63, 3.8) is 0 Å². The van der Waals surface area contributed by atoms with Crippen LogP contribution in [0, 0.1) is 12.8 Å². The lowest BCUT2D eigenvalue weighted by Crippen LogP contribution is -2.42. The zero-order chi connectivity index (χ0) is 25.3. The Labute approximate surface area is 219 Å². The minimum Gasteiger partial charge on any atom is -0.486 e. The fourth-order valence-corrected chi connectivity index (χ4v) is 7.46. The Balaban J connectivity index is 1.45. The minimum absolute atomic E-state index is 0.143. The molecule has 1 aromatic heterocycles. The minimum atomic E-state index is -3.66. The quantitative estimate of drug-likeness (QED) is 0.468. The maximum Gasteiger partial charge on any atom is 0.252 e. The molecule has 2 aliphatic heterocycles. The van der Waals surface area contributed by atoms with Crippen molar-refractivity contribution in [1.82, 2.24) is 8.87 Å². The fraction of sp³-hybridized carbons (Fsp3) is 0.440. The molecule has 0 N–H and O–H groups in total. The molecule has 1 unspecified atom stereocenters. The molecule has 1 amide bonds. The van der Waals surface area contributed by atoms with E-state index in [9.17, 15) is 13.2 Å². The number of carbonyl (C=O) groups excluding carboxylic acids is 1. The lowest BCUT2D eigenvalue weighted by atomic mass is 9.99. The molecule has 1 saturated heterocycles. The smallest absolute Gasteiger partial charge is 0.252 e. The molecular formula is C25H29N3O5S3. The Morgan fingerprint density at radius 2 is 1.89 bits per heavy atom. The van der Waals surface area contributed by atoms with E-state index in [0.717, 1.165) is 21.5 Å². The first-order valence-corrected chi connectivity index (χ1v) is 15.6. The highest BCUT2D eigenvalue weighted by molar-refractivity contribution is 7.98. The number of sulfonamides is 1. The lowest BCUT2D eigenvalue weighted by Gasteiger charge is -2.30. The number of benzene rings is 2.